The number of nitrogens with zero attached hydrogens (tertiary/aromatic N) is 2. The number of carbonyl (C=O) groups is 2. The minimum Gasteiger partial charge on any atom is -0.481 e. The number of rotatable bonds is 8. The molecule has 7 heteroatoms. The molecule has 0 aromatic carbocycles. The predicted molar refractivity (Wildman–Crippen MR) is 172 cm³/mol. The first-order chi connectivity index (χ1) is 20.0. The van der Waals surface area contributed by atoms with Gasteiger partial charge in [-0.2, -0.15) is 0 Å². The molecule has 0 radical (unpaired) electrons. The molecule has 5 heterocycles. The van der Waals surface area contributed by atoms with Crippen molar-refractivity contribution in [2.24, 2.45) is 0 Å². The number of allylic oxidation sites excluding steroid dienone is 5. The molecule has 3 aromatic heterocycles. The fourth-order valence-corrected chi connectivity index (χ4v) is 5.84. The van der Waals surface area contributed by atoms with Crippen LogP contribution >= 0.6 is 0 Å². The first kappa shape index (κ1) is 28.7. The third-order valence-corrected chi connectivity index (χ3v) is 8.36. The van der Waals surface area contributed by atoms with E-state index in [0.29, 0.717) is 19.3 Å². The van der Waals surface area contributed by atoms with Gasteiger partial charge in [0.05, 0.1) is 22.8 Å². The van der Waals surface area contributed by atoms with Crippen molar-refractivity contribution in [1.29, 1.82) is 0 Å². The largest absolute Gasteiger partial charge is 0.481 e. The van der Waals surface area contributed by atoms with Crippen molar-refractivity contribution in [3.63, 3.8) is 0 Å². The Kier molecular flexibility index (Phi) is 7.69. The number of carbonyl (C=O) groups excluding carboxylic acids is 1. The molecule has 0 amide bonds. The Labute approximate surface area is 245 Å². The maximum Gasteiger partial charge on any atom is 0.303 e. The highest BCUT2D eigenvalue weighted by molar-refractivity contribution is 5.98. The van der Waals surface area contributed by atoms with Crippen molar-refractivity contribution in [1.82, 2.24) is 19.9 Å². The normalized spacial score (nSPS) is 13.1. The predicted octanol–water partition coefficient (Wildman–Crippen LogP) is 8.01. The van der Waals surface area contributed by atoms with Crippen molar-refractivity contribution < 1.29 is 14.7 Å². The molecule has 8 bridgehead atoms. The van der Waals surface area contributed by atoms with Crippen LogP contribution in [0, 0.1) is 13.8 Å². The first-order valence-electron chi connectivity index (χ1n) is 14.1. The summed E-state index contributed by atoms with van der Waals surface area (Å²) in [6.07, 6.45) is 5.04. The van der Waals surface area contributed by atoms with Gasteiger partial charge < -0.3 is 19.9 Å². The van der Waals surface area contributed by atoms with Crippen molar-refractivity contribution in [3.05, 3.63) is 88.5 Å². The summed E-state index contributed by atoms with van der Waals surface area (Å²) in [5.41, 5.74) is 14.6. The molecule has 2 aliphatic rings. The zero-order chi connectivity index (χ0) is 30.3. The maximum absolute atomic E-state index is 12.0. The Bertz CT molecular complexity index is 1910. The second kappa shape index (κ2) is 11.2. The smallest absolute Gasteiger partial charge is 0.303 e. The zero-order valence-corrected chi connectivity index (χ0v) is 24.9. The van der Waals surface area contributed by atoms with Gasteiger partial charge in [0, 0.05) is 46.0 Å². The summed E-state index contributed by atoms with van der Waals surface area (Å²) < 4.78 is 0. The van der Waals surface area contributed by atoms with Gasteiger partial charge in [0.15, 0.2) is 0 Å². The molecular formula is C35H36N4O3. The van der Waals surface area contributed by atoms with E-state index in [2.05, 4.69) is 30.0 Å². The van der Waals surface area contributed by atoms with Gasteiger partial charge in [0.2, 0.25) is 0 Å². The third-order valence-electron chi connectivity index (χ3n) is 8.36. The summed E-state index contributed by atoms with van der Waals surface area (Å²) in [7, 11) is 0. The SMILES string of the molecule is C=CC1=C(C)c2cc3[nH]c(cc4nc(cc5[nH]c(cc1n2)c(C)c5CCC(=O)O)C(CCC(C)=O)=C4C)c(C)c3C=C. The first-order valence-corrected chi connectivity index (χ1v) is 14.1. The van der Waals surface area contributed by atoms with E-state index in [1.807, 2.05) is 57.2 Å². The molecule has 0 saturated carbocycles. The number of hydrogen-bond acceptors (Lipinski definition) is 4. The van der Waals surface area contributed by atoms with Crippen LogP contribution in [0.2, 0.25) is 0 Å². The highest BCUT2D eigenvalue weighted by Crippen LogP contribution is 2.36. The zero-order valence-electron chi connectivity index (χ0n) is 24.9. The molecule has 0 saturated heterocycles. The van der Waals surface area contributed by atoms with Gasteiger partial charge in [-0.3, -0.25) is 4.79 Å². The summed E-state index contributed by atoms with van der Waals surface area (Å²) in [6.45, 7) is 17.9. The number of Topliss-reactive ketones (excluding diaryl/α,β-unsaturated/α-hetero) is 1. The number of aryl methyl sites for hydroxylation is 3. The molecule has 0 unspecified atom stereocenters. The average Bonchev–Trinajstić information content (AvgIpc) is 3.59. The van der Waals surface area contributed by atoms with E-state index in [4.69, 9.17) is 9.97 Å². The molecule has 5 rings (SSSR count). The lowest BCUT2D eigenvalue weighted by molar-refractivity contribution is -0.137. The molecule has 0 aliphatic carbocycles. The van der Waals surface area contributed by atoms with Gasteiger partial charge in [0.1, 0.15) is 5.78 Å². The average molecular weight is 561 g/mol. The summed E-state index contributed by atoms with van der Waals surface area (Å²) in [4.78, 5) is 40.7. The van der Waals surface area contributed by atoms with Crippen LogP contribution in [-0.4, -0.2) is 36.8 Å². The highest BCUT2D eigenvalue weighted by Gasteiger charge is 2.20. The molecule has 0 atom stereocenters. The molecule has 0 fully saturated rings. The fraction of sp³-hybridized carbons (Fsp3) is 0.257. The number of carboxylic acid groups (broad SMARTS) is 1. The van der Waals surface area contributed by atoms with Gasteiger partial charge in [0.25, 0.3) is 0 Å². The van der Waals surface area contributed by atoms with Gasteiger partial charge >= 0.3 is 5.97 Å². The minimum atomic E-state index is -0.853. The number of fused-ring (bicyclic) bond motifs is 8. The fourth-order valence-electron chi connectivity index (χ4n) is 5.84. The molecule has 42 heavy (non-hydrogen) atoms. The number of aliphatic carboxylic acids is 1. The van der Waals surface area contributed by atoms with Crippen molar-refractivity contribution in [2.45, 2.75) is 60.3 Å². The number of H-pyrrole nitrogens is 2. The third kappa shape index (κ3) is 5.18. The van der Waals surface area contributed by atoms with Crippen molar-refractivity contribution >= 4 is 62.2 Å². The van der Waals surface area contributed by atoms with Crippen LogP contribution in [0.3, 0.4) is 0 Å². The van der Waals surface area contributed by atoms with Gasteiger partial charge in [-0.1, -0.05) is 25.3 Å². The van der Waals surface area contributed by atoms with Crippen molar-refractivity contribution in [2.75, 3.05) is 0 Å². The topological polar surface area (TPSA) is 112 Å². The number of hydrogen-bond donors (Lipinski definition) is 3. The van der Waals surface area contributed by atoms with Crippen LogP contribution in [0.1, 0.15) is 85.1 Å². The van der Waals surface area contributed by atoms with E-state index in [1.54, 1.807) is 6.92 Å². The second-order valence-electron chi connectivity index (χ2n) is 11.0. The maximum atomic E-state index is 12.0. The lowest BCUT2D eigenvalue weighted by atomic mass is 9.99. The van der Waals surface area contributed by atoms with E-state index in [9.17, 15) is 14.7 Å². The molecule has 3 N–H and O–H groups in total. The number of carboxylic acids is 1. The van der Waals surface area contributed by atoms with Gasteiger partial charge in [-0.15, -0.1) is 0 Å². The lowest BCUT2D eigenvalue weighted by Crippen LogP contribution is -1.98. The monoisotopic (exact) mass is 560 g/mol. The Morgan fingerprint density at radius 3 is 2.02 bits per heavy atom. The lowest BCUT2D eigenvalue weighted by Gasteiger charge is -2.03. The van der Waals surface area contributed by atoms with Gasteiger partial charge in [-0.05, 0) is 105 Å². The van der Waals surface area contributed by atoms with Crippen LogP contribution in [-0.2, 0) is 16.0 Å². The Morgan fingerprint density at radius 2 is 1.36 bits per heavy atom. The molecule has 2 aliphatic heterocycles. The van der Waals surface area contributed by atoms with Crippen LogP contribution in [0.5, 0.6) is 0 Å². The van der Waals surface area contributed by atoms with Crippen LogP contribution < -0.4 is 0 Å². The Morgan fingerprint density at radius 1 is 0.762 bits per heavy atom. The second-order valence-corrected chi connectivity index (χ2v) is 11.0. The molecular weight excluding hydrogens is 524 g/mol. The van der Waals surface area contributed by atoms with E-state index in [-0.39, 0.29) is 12.2 Å². The van der Waals surface area contributed by atoms with E-state index in [1.165, 1.54) is 0 Å². The molecule has 3 aromatic rings. The summed E-state index contributed by atoms with van der Waals surface area (Å²) >= 11 is 0. The Hall–Kier alpha value is -4.78. The molecule has 0 spiro atoms. The number of nitrogens with one attached hydrogen (secondary N) is 2. The number of aromatic amines is 2. The van der Waals surface area contributed by atoms with Crippen molar-refractivity contribution in [3.8, 4) is 0 Å². The van der Waals surface area contributed by atoms with Crippen LogP contribution in [0.25, 0.3) is 50.4 Å². The molecule has 7 nitrogen and oxygen atoms in total. The standard InChI is InChI=1S/C35H36N4O3/c1-8-23-19(4)27-14-28-21(6)25(11-10-18(3)40)33(38-28)17-34-26(12-13-35(41)42)22(7)30(39-34)16-32-24(9-2)20(5)29(37-32)15-31(23)36-27/h8-9,14-17,36,39H,1-2,10-13H2,3-7H3,(H,41,42). The minimum absolute atomic E-state index is 0.00721. The highest BCUT2D eigenvalue weighted by atomic mass is 16.4. The van der Waals surface area contributed by atoms with E-state index < -0.39 is 5.97 Å². The number of ketones is 1. The van der Waals surface area contributed by atoms with Gasteiger partial charge in [-0.25, -0.2) is 9.97 Å². The summed E-state index contributed by atoms with van der Waals surface area (Å²) in [5.74, 6) is -0.737. The summed E-state index contributed by atoms with van der Waals surface area (Å²) in [5, 5.41) is 9.48. The molecule has 214 valence electrons. The number of aromatic nitrogens is 4. The van der Waals surface area contributed by atoms with E-state index >= 15 is 0 Å². The quantitative estimate of drug-likeness (QED) is 0.258. The van der Waals surface area contributed by atoms with E-state index in [0.717, 1.165) is 89.4 Å². The van der Waals surface area contributed by atoms with Crippen LogP contribution in [0.15, 0.2) is 43.5 Å². The Balaban J connectivity index is 1.94. The van der Waals surface area contributed by atoms with Crippen LogP contribution in [0.4, 0.5) is 0 Å². The summed E-state index contributed by atoms with van der Waals surface area (Å²) in [6, 6.07) is 8.09.